The van der Waals surface area contributed by atoms with Gasteiger partial charge in [-0.2, -0.15) is 0 Å². The lowest BCUT2D eigenvalue weighted by atomic mass is 9.85. The van der Waals surface area contributed by atoms with E-state index < -0.39 is 5.41 Å². The van der Waals surface area contributed by atoms with E-state index in [1.165, 1.54) is 0 Å². The Morgan fingerprint density at radius 2 is 2.26 bits per heavy atom. The molecule has 1 fully saturated rings. The van der Waals surface area contributed by atoms with Crippen LogP contribution in [0.1, 0.15) is 25.0 Å². The maximum absolute atomic E-state index is 12.3. The molecule has 124 valence electrons. The van der Waals surface area contributed by atoms with Gasteiger partial charge < -0.3 is 10.2 Å². The summed E-state index contributed by atoms with van der Waals surface area (Å²) in [5, 5.41) is 6.15. The fourth-order valence-electron chi connectivity index (χ4n) is 3.19. The van der Waals surface area contributed by atoms with Gasteiger partial charge in [0.1, 0.15) is 0 Å². The summed E-state index contributed by atoms with van der Waals surface area (Å²) in [7, 11) is 1.82. The van der Waals surface area contributed by atoms with Crippen LogP contribution in [-0.4, -0.2) is 43.1 Å². The topological polar surface area (TPSA) is 61.4 Å². The number of anilines is 1. The fourth-order valence-corrected chi connectivity index (χ4v) is 4.13. The first-order chi connectivity index (χ1) is 10.9. The van der Waals surface area contributed by atoms with E-state index in [0.717, 1.165) is 34.9 Å². The zero-order valence-corrected chi connectivity index (χ0v) is 14.6. The van der Waals surface area contributed by atoms with Crippen LogP contribution in [-0.2, 0) is 21.4 Å². The van der Waals surface area contributed by atoms with Crippen LogP contribution >= 0.6 is 11.8 Å². The van der Waals surface area contributed by atoms with Crippen molar-refractivity contribution in [2.24, 2.45) is 0 Å². The van der Waals surface area contributed by atoms with Gasteiger partial charge in [-0.05, 0) is 37.5 Å². The molecule has 2 heterocycles. The molecule has 1 saturated heterocycles. The molecular weight excluding hydrogens is 310 g/mol. The second-order valence-electron chi connectivity index (χ2n) is 6.65. The zero-order chi connectivity index (χ0) is 16.6. The van der Waals surface area contributed by atoms with Gasteiger partial charge in [0.05, 0.1) is 11.5 Å². The molecule has 0 aliphatic carbocycles. The number of carbonyl (C=O) groups excluding carboxylic acids is 2. The molecule has 23 heavy (non-hydrogen) atoms. The van der Waals surface area contributed by atoms with Crippen molar-refractivity contribution in [1.82, 2.24) is 10.6 Å². The highest BCUT2D eigenvalue weighted by Gasteiger charge is 2.42. The van der Waals surface area contributed by atoms with E-state index in [0.29, 0.717) is 6.54 Å². The minimum atomic E-state index is -0.478. The highest BCUT2D eigenvalue weighted by molar-refractivity contribution is 7.99. The molecule has 0 saturated carbocycles. The largest absolute Gasteiger partial charge is 0.354 e. The Morgan fingerprint density at radius 1 is 1.48 bits per heavy atom. The fraction of sp³-hybridized carbons (Fsp3) is 0.529. The van der Waals surface area contributed by atoms with E-state index in [4.69, 9.17) is 0 Å². The minimum Gasteiger partial charge on any atom is -0.354 e. The Balaban J connectivity index is 1.63. The summed E-state index contributed by atoms with van der Waals surface area (Å²) < 4.78 is 0. The number of nitrogens with zero attached hydrogens (tertiary/aromatic N) is 1. The summed E-state index contributed by atoms with van der Waals surface area (Å²) in [5.74, 6) is 1.89. The van der Waals surface area contributed by atoms with Gasteiger partial charge in [0.2, 0.25) is 11.8 Å². The molecule has 1 unspecified atom stereocenters. The van der Waals surface area contributed by atoms with Gasteiger partial charge in [-0.1, -0.05) is 12.1 Å². The first-order valence-corrected chi connectivity index (χ1v) is 9.07. The molecular formula is C17H23N3O2S. The summed E-state index contributed by atoms with van der Waals surface area (Å²) in [6.07, 6.45) is 0.771. The average molecular weight is 333 g/mol. The molecule has 1 aromatic carbocycles. The molecule has 2 N–H and O–H groups in total. The predicted octanol–water partition coefficient (Wildman–Crippen LogP) is 1.26. The lowest BCUT2D eigenvalue weighted by molar-refractivity contribution is -0.122. The molecule has 3 rings (SSSR count). The predicted molar refractivity (Wildman–Crippen MR) is 93.8 cm³/mol. The summed E-state index contributed by atoms with van der Waals surface area (Å²) in [5.41, 5.74) is 2.73. The Kier molecular flexibility index (Phi) is 4.38. The number of fused-ring (bicyclic) bond motifs is 1. The van der Waals surface area contributed by atoms with E-state index >= 15 is 0 Å². The Hall–Kier alpha value is -1.53. The second-order valence-corrected chi connectivity index (χ2v) is 7.68. The molecule has 6 heteroatoms. The second kappa shape index (κ2) is 6.17. The molecule has 0 radical (unpaired) electrons. The van der Waals surface area contributed by atoms with Crippen LogP contribution in [0.4, 0.5) is 5.69 Å². The maximum Gasteiger partial charge on any atom is 0.238 e. The maximum atomic E-state index is 12.3. The van der Waals surface area contributed by atoms with Gasteiger partial charge in [-0.3, -0.25) is 14.9 Å². The minimum absolute atomic E-state index is 0.0646. The van der Waals surface area contributed by atoms with E-state index in [1.54, 1.807) is 16.7 Å². The first-order valence-electron chi connectivity index (χ1n) is 7.91. The quantitative estimate of drug-likeness (QED) is 0.871. The average Bonchev–Trinajstić information content (AvgIpc) is 3.12. The third-order valence-electron chi connectivity index (χ3n) is 4.68. The van der Waals surface area contributed by atoms with Gasteiger partial charge in [0.25, 0.3) is 0 Å². The van der Waals surface area contributed by atoms with Gasteiger partial charge in [-0.15, -0.1) is 11.8 Å². The number of hydrogen-bond acceptors (Lipinski definition) is 4. The van der Waals surface area contributed by atoms with Crippen LogP contribution in [0, 0.1) is 0 Å². The van der Waals surface area contributed by atoms with Crippen LogP contribution in [0.2, 0.25) is 0 Å². The summed E-state index contributed by atoms with van der Waals surface area (Å²) >= 11 is 1.75. The highest BCUT2D eigenvalue weighted by atomic mass is 32.2. The smallest absolute Gasteiger partial charge is 0.238 e. The third-order valence-corrected chi connectivity index (χ3v) is 5.62. The number of likely N-dealkylation sites (N-methyl/N-ethyl adjacent to an activating group) is 1. The number of benzene rings is 1. The van der Waals surface area contributed by atoms with Crippen molar-refractivity contribution in [2.75, 3.05) is 30.1 Å². The van der Waals surface area contributed by atoms with Gasteiger partial charge >= 0.3 is 0 Å². The van der Waals surface area contributed by atoms with Crippen LogP contribution in [0.25, 0.3) is 0 Å². The molecule has 0 spiro atoms. The van der Waals surface area contributed by atoms with Crippen LogP contribution < -0.4 is 15.5 Å². The normalized spacial score (nSPS) is 22.3. The van der Waals surface area contributed by atoms with E-state index in [-0.39, 0.29) is 17.9 Å². The highest BCUT2D eigenvalue weighted by Crippen LogP contribution is 2.41. The first kappa shape index (κ1) is 16.3. The number of nitrogens with one attached hydrogen (secondary N) is 2. The van der Waals surface area contributed by atoms with E-state index in [2.05, 4.69) is 16.7 Å². The lowest BCUT2D eigenvalue weighted by Crippen LogP contribution is -2.42. The van der Waals surface area contributed by atoms with Crippen LogP contribution in [0.5, 0.6) is 0 Å². The molecule has 5 nitrogen and oxygen atoms in total. The molecule has 2 aliphatic heterocycles. The molecule has 2 aliphatic rings. The van der Waals surface area contributed by atoms with Gasteiger partial charge in [0.15, 0.2) is 0 Å². The molecule has 0 bridgehead atoms. The number of thioether (sulfide) groups is 1. The van der Waals surface area contributed by atoms with Crippen LogP contribution in [0.15, 0.2) is 18.2 Å². The van der Waals surface area contributed by atoms with Crippen molar-refractivity contribution in [1.29, 1.82) is 0 Å². The van der Waals surface area contributed by atoms with Crippen molar-refractivity contribution in [2.45, 2.75) is 31.7 Å². The standard InChI is InChI=1S/C17H23N3O2S/c1-17(2)12-8-11(4-5-14(12)20(3)16(17)22)6-7-18-15(21)13-9-23-10-19-13/h4-5,8,13,19H,6-7,9-10H2,1-3H3,(H,18,21). The Labute approximate surface area is 141 Å². The van der Waals surface area contributed by atoms with Gasteiger partial charge in [0, 0.05) is 30.9 Å². The number of amides is 2. The van der Waals surface area contributed by atoms with Crippen molar-refractivity contribution < 1.29 is 9.59 Å². The molecule has 2 amide bonds. The van der Waals surface area contributed by atoms with E-state index in [1.807, 2.05) is 33.0 Å². The number of rotatable bonds is 4. The SMILES string of the molecule is CN1C(=O)C(C)(C)c2cc(CCNC(=O)C3CSCN3)ccc21. The summed E-state index contributed by atoms with van der Waals surface area (Å²) in [6.45, 7) is 4.55. The van der Waals surface area contributed by atoms with Crippen LogP contribution in [0.3, 0.4) is 0 Å². The molecule has 1 aromatic rings. The third kappa shape index (κ3) is 2.97. The monoisotopic (exact) mass is 333 g/mol. The number of hydrogen-bond donors (Lipinski definition) is 2. The Morgan fingerprint density at radius 3 is 2.96 bits per heavy atom. The van der Waals surface area contributed by atoms with Crippen molar-refractivity contribution >= 4 is 29.3 Å². The molecule has 1 atom stereocenters. The summed E-state index contributed by atoms with van der Waals surface area (Å²) in [4.78, 5) is 26.0. The van der Waals surface area contributed by atoms with Crippen molar-refractivity contribution in [3.05, 3.63) is 29.3 Å². The Bertz CT molecular complexity index is 639. The molecule has 0 aromatic heterocycles. The van der Waals surface area contributed by atoms with E-state index in [9.17, 15) is 9.59 Å². The zero-order valence-electron chi connectivity index (χ0n) is 13.8. The number of carbonyl (C=O) groups is 2. The van der Waals surface area contributed by atoms with Crippen molar-refractivity contribution in [3.63, 3.8) is 0 Å². The summed E-state index contributed by atoms with van der Waals surface area (Å²) in [6, 6.07) is 6.09. The van der Waals surface area contributed by atoms with Crippen molar-refractivity contribution in [3.8, 4) is 0 Å². The van der Waals surface area contributed by atoms with Gasteiger partial charge in [-0.25, -0.2) is 0 Å². The lowest BCUT2D eigenvalue weighted by Gasteiger charge is -2.17.